The quantitative estimate of drug-likeness (QED) is 0.396. The highest BCUT2D eigenvalue weighted by atomic mass is 127. The Kier molecular flexibility index (Phi) is 9.79. The third-order valence-corrected chi connectivity index (χ3v) is 4.21. The minimum absolute atomic E-state index is 0. The first-order valence-corrected chi connectivity index (χ1v) is 9.33. The number of benzene rings is 1. The van der Waals surface area contributed by atoms with E-state index >= 15 is 0 Å². The van der Waals surface area contributed by atoms with Crippen LogP contribution in [0.15, 0.2) is 29.3 Å². The first-order chi connectivity index (χ1) is 11.5. The maximum atomic E-state index is 4.80. The summed E-state index contributed by atoms with van der Waals surface area (Å²) in [5.74, 6) is 0.887. The second-order valence-electron chi connectivity index (χ2n) is 7.68. The van der Waals surface area contributed by atoms with Crippen LogP contribution in [0.25, 0.3) is 0 Å². The van der Waals surface area contributed by atoms with E-state index in [1.165, 1.54) is 43.5 Å². The van der Waals surface area contributed by atoms with Gasteiger partial charge in [-0.3, -0.25) is 4.90 Å². The van der Waals surface area contributed by atoms with E-state index in [0.29, 0.717) is 0 Å². The second-order valence-corrected chi connectivity index (χ2v) is 7.68. The highest BCUT2D eigenvalue weighted by molar-refractivity contribution is 14.0. The van der Waals surface area contributed by atoms with Gasteiger partial charge in [0.05, 0.1) is 6.54 Å². The monoisotopic (exact) mass is 458 g/mol. The minimum atomic E-state index is 0. The molecule has 4 nitrogen and oxygen atoms in total. The zero-order chi connectivity index (χ0) is 17.4. The molecule has 0 radical (unpaired) electrons. The van der Waals surface area contributed by atoms with Crippen LogP contribution < -0.4 is 10.6 Å². The van der Waals surface area contributed by atoms with Crippen LogP contribution in [0.1, 0.15) is 58.1 Å². The molecule has 2 N–H and O–H groups in total. The van der Waals surface area contributed by atoms with Crippen LogP contribution in [-0.2, 0) is 13.1 Å². The van der Waals surface area contributed by atoms with E-state index in [9.17, 15) is 0 Å². The summed E-state index contributed by atoms with van der Waals surface area (Å²) in [4.78, 5) is 7.37. The fourth-order valence-corrected chi connectivity index (χ4v) is 3.05. The van der Waals surface area contributed by atoms with E-state index < -0.39 is 0 Å². The molecule has 0 atom stereocenters. The summed E-state index contributed by atoms with van der Waals surface area (Å²) in [5.41, 5.74) is 2.75. The summed E-state index contributed by atoms with van der Waals surface area (Å²) < 4.78 is 0. The number of piperidine rings is 1. The molecule has 5 heteroatoms. The number of hydrogen-bond acceptors (Lipinski definition) is 2. The Labute approximate surface area is 170 Å². The molecule has 1 fully saturated rings. The van der Waals surface area contributed by atoms with Crippen molar-refractivity contribution in [1.29, 1.82) is 0 Å². The molecule has 1 aliphatic heterocycles. The maximum Gasteiger partial charge on any atom is 0.191 e. The zero-order valence-corrected chi connectivity index (χ0v) is 18.6. The van der Waals surface area contributed by atoms with E-state index in [-0.39, 0.29) is 29.5 Å². The number of guanidine groups is 1. The van der Waals surface area contributed by atoms with Gasteiger partial charge in [0.1, 0.15) is 0 Å². The van der Waals surface area contributed by atoms with Gasteiger partial charge in [-0.05, 0) is 64.8 Å². The summed E-state index contributed by atoms with van der Waals surface area (Å²) in [6.45, 7) is 13.7. The molecular weight excluding hydrogens is 423 g/mol. The van der Waals surface area contributed by atoms with Crippen molar-refractivity contribution in [1.82, 2.24) is 15.5 Å². The highest BCUT2D eigenvalue weighted by Crippen LogP contribution is 2.17. The molecule has 0 amide bonds. The Balaban J connectivity index is 0.00000312. The van der Waals surface area contributed by atoms with E-state index in [2.05, 4.69) is 67.5 Å². The molecule has 1 aromatic carbocycles. The van der Waals surface area contributed by atoms with E-state index in [4.69, 9.17) is 4.99 Å². The van der Waals surface area contributed by atoms with Crippen molar-refractivity contribution in [3.05, 3.63) is 35.4 Å². The lowest BCUT2D eigenvalue weighted by Gasteiger charge is -2.27. The first-order valence-electron chi connectivity index (χ1n) is 9.33. The lowest BCUT2D eigenvalue weighted by atomic mass is 10.1. The molecular formula is C20H35IN4. The fraction of sp³-hybridized carbons (Fsp3) is 0.650. The number of likely N-dealkylation sites (tertiary alicyclic amines) is 1. The van der Waals surface area contributed by atoms with Crippen molar-refractivity contribution in [2.45, 2.75) is 65.6 Å². The van der Waals surface area contributed by atoms with Gasteiger partial charge in [0, 0.05) is 18.6 Å². The van der Waals surface area contributed by atoms with Crippen LogP contribution >= 0.6 is 24.0 Å². The molecule has 142 valence electrons. The van der Waals surface area contributed by atoms with Gasteiger partial charge < -0.3 is 10.6 Å². The molecule has 0 bridgehead atoms. The van der Waals surface area contributed by atoms with Gasteiger partial charge in [-0.15, -0.1) is 24.0 Å². The number of nitrogens with one attached hydrogen (secondary N) is 2. The van der Waals surface area contributed by atoms with Gasteiger partial charge in [-0.1, -0.05) is 30.7 Å². The van der Waals surface area contributed by atoms with E-state index in [0.717, 1.165) is 25.6 Å². The molecule has 0 unspecified atom stereocenters. The Bertz CT molecular complexity index is 531. The van der Waals surface area contributed by atoms with Crippen molar-refractivity contribution in [2.75, 3.05) is 19.6 Å². The number of rotatable bonds is 5. The van der Waals surface area contributed by atoms with Gasteiger partial charge >= 0.3 is 0 Å². The standard InChI is InChI=1S/C20H34N4.HI/c1-5-21-19(23-20(2,3)4)22-15-17-11-7-8-12-18(17)16-24-13-9-6-10-14-24;/h7-8,11-12H,5-6,9-10,13-16H2,1-4H3,(H2,21,22,23);1H. The summed E-state index contributed by atoms with van der Waals surface area (Å²) in [5, 5.41) is 6.80. The molecule has 1 aliphatic rings. The van der Waals surface area contributed by atoms with Gasteiger partial charge in [-0.2, -0.15) is 0 Å². The average molecular weight is 458 g/mol. The van der Waals surface area contributed by atoms with Crippen molar-refractivity contribution in [3.8, 4) is 0 Å². The van der Waals surface area contributed by atoms with E-state index in [1.807, 2.05) is 0 Å². The second kappa shape index (κ2) is 11.0. The Hall–Kier alpha value is -0.820. The number of halogens is 1. The largest absolute Gasteiger partial charge is 0.357 e. The van der Waals surface area contributed by atoms with Crippen molar-refractivity contribution in [2.24, 2.45) is 4.99 Å². The van der Waals surface area contributed by atoms with Gasteiger partial charge in [-0.25, -0.2) is 4.99 Å². The Morgan fingerprint density at radius 1 is 1.08 bits per heavy atom. The van der Waals surface area contributed by atoms with Crippen LogP contribution in [0, 0.1) is 0 Å². The normalized spacial score (nSPS) is 16.2. The summed E-state index contributed by atoms with van der Waals surface area (Å²) in [7, 11) is 0. The predicted molar refractivity (Wildman–Crippen MR) is 119 cm³/mol. The number of hydrogen-bond donors (Lipinski definition) is 2. The lowest BCUT2D eigenvalue weighted by Crippen LogP contribution is -2.47. The summed E-state index contributed by atoms with van der Waals surface area (Å²) >= 11 is 0. The smallest absolute Gasteiger partial charge is 0.191 e. The molecule has 0 aromatic heterocycles. The van der Waals surface area contributed by atoms with E-state index in [1.54, 1.807) is 0 Å². The molecule has 0 spiro atoms. The van der Waals surface area contributed by atoms with Crippen molar-refractivity contribution >= 4 is 29.9 Å². The van der Waals surface area contributed by atoms with Crippen LogP contribution in [-0.4, -0.2) is 36.0 Å². The first kappa shape index (κ1) is 22.2. The summed E-state index contributed by atoms with van der Waals surface area (Å²) in [6, 6.07) is 8.73. The van der Waals surface area contributed by atoms with Crippen molar-refractivity contribution < 1.29 is 0 Å². The molecule has 2 rings (SSSR count). The topological polar surface area (TPSA) is 39.7 Å². The zero-order valence-electron chi connectivity index (χ0n) is 16.3. The van der Waals surface area contributed by atoms with Crippen LogP contribution in [0.2, 0.25) is 0 Å². The molecule has 0 aliphatic carbocycles. The molecule has 1 saturated heterocycles. The highest BCUT2D eigenvalue weighted by Gasteiger charge is 2.14. The molecule has 0 saturated carbocycles. The van der Waals surface area contributed by atoms with Gasteiger partial charge in [0.2, 0.25) is 0 Å². The van der Waals surface area contributed by atoms with Crippen LogP contribution in [0.4, 0.5) is 0 Å². The number of aliphatic imine (C=N–C) groups is 1. The molecule has 25 heavy (non-hydrogen) atoms. The third-order valence-electron chi connectivity index (χ3n) is 4.21. The number of nitrogens with zero attached hydrogens (tertiary/aromatic N) is 2. The predicted octanol–water partition coefficient (Wildman–Crippen LogP) is 4.14. The minimum Gasteiger partial charge on any atom is -0.357 e. The van der Waals surface area contributed by atoms with Gasteiger partial charge in [0.25, 0.3) is 0 Å². The van der Waals surface area contributed by atoms with Crippen molar-refractivity contribution in [3.63, 3.8) is 0 Å². The third kappa shape index (κ3) is 8.40. The van der Waals surface area contributed by atoms with Crippen LogP contribution in [0.3, 0.4) is 0 Å². The Morgan fingerprint density at radius 2 is 1.72 bits per heavy atom. The molecule has 1 heterocycles. The fourth-order valence-electron chi connectivity index (χ4n) is 3.05. The lowest BCUT2D eigenvalue weighted by molar-refractivity contribution is 0.220. The Morgan fingerprint density at radius 3 is 2.32 bits per heavy atom. The summed E-state index contributed by atoms with van der Waals surface area (Å²) in [6.07, 6.45) is 4.05. The molecule has 1 aromatic rings. The average Bonchev–Trinajstić information content (AvgIpc) is 2.54. The van der Waals surface area contributed by atoms with Gasteiger partial charge in [0.15, 0.2) is 5.96 Å². The SMILES string of the molecule is CCNC(=NCc1ccccc1CN1CCCCC1)NC(C)(C)C.I. The maximum absolute atomic E-state index is 4.80. The van der Waals surface area contributed by atoms with Crippen LogP contribution in [0.5, 0.6) is 0 Å².